The number of halogens is 5. The van der Waals surface area contributed by atoms with E-state index in [1.165, 1.54) is 9.80 Å². The highest BCUT2D eigenvalue weighted by atomic mass is 19.4. The average Bonchev–Trinajstić information content (AvgIpc) is 2.39. The first-order chi connectivity index (χ1) is 9.39. The smallest absolute Gasteiger partial charge is 0.378 e. The number of morpholine rings is 1. The molecule has 0 aliphatic carbocycles. The molecule has 0 spiro atoms. The predicted octanol–water partition coefficient (Wildman–Crippen LogP) is 1.52. The Labute approximate surface area is 113 Å². The van der Waals surface area contributed by atoms with Crippen LogP contribution < -0.4 is 0 Å². The van der Waals surface area contributed by atoms with Gasteiger partial charge in [0.2, 0.25) is 0 Å². The Hall–Kier alpha value is -1.09. The minimum Gasteiger partial charge on any atom is -0.378 e. The van der Waals surface area contributed by atoms with Crippen LogP contribution in [0.5, 0.6) is 0 Å². The fourth-order valence-corrected chi connectivity index (χ4v) is 2.39. The van der Waals surface area contributed by atoms with E-state index in [1.54, 1.807) is 0 Å². The van der Waals surface area contributed by atoms with Crippen LogP contribution in [0, 0.1) is 0 Å². The molecule has 2 fully saturated rings. The lowest BCUT2D eigenvalue weighted by molar-refractivity contribution is -0.252. The summed E-state index contributed by atoms with van der Waals surface area (Å²) in [5, 5.41) is 0. The molecule has 2 aliphatic rings. The van der Waals surface area contributed by atoms with Crippen LogP contribution in [0.3, 0.4) is 0 Å². The highest BCUT2D eigenvalue weighted by molar-refractivity contribution is 5.03. The third-order valence-electron chi connectivity index (χ3n) is 3.42. The minimum absolute atomic E-state index is 0.0659. The van der Waals surface area contributed by atoms with Crippen LogP contribution in [-0.4, -0.2) is 73.5 Å². The number of hydrogen-bond acceptors (Lipinski definition) is 4. The van der Waals surface area contributed by atoms with Gasteiger partial charge in [-0.3, -0.25) is 0 Å². The van der Waals surface area contributed by atoms with E-state index in [1.807, 2.05) is 0 Å². The van der Waals surface area contributed by atoms with Crippen molar-refractivity contribution in [2.24, 2.45) is 0 Å². The Morgan fingerprint density at radius 2 is 1.30 bits per heavy atom. The predicted molar refractivity (Wildman–Crippen MR) is 60.8 cm³/mol. The summed E-state index contributed by atoms with van der Waals surface area (Å²) in [6.45, 7) is 0.610. The lowest BCUT2D eigenvalue weighted by atomic mass is 10.3. The molecule has 0 aromatic heterocycles. The van der Waals surface area contributed by atoms with Crippen LogP contribution in [0.4, 0.5) is 22.0 Å². The molecule has 2 aliphatic heterocycles. The molecule has 116 valence electrons. The number of rotatable bonds is 2. The van der Waals surface area contributed by atoms with Crippen LogP contribution in [-0.2, 0) is 4.74 Å². The molecule has 4 nitrogen and oxygen atoms in total. The number of hydrogen-bond donors (Lipinski definition) is 0. The van der Waals surface area contributed by atoms with Crippen LogP contribution in [0.25, 0.3) is 0 Å². The van der Waals surface area contributed by atoms with Crippen LogP contribution in [0.1, 0.15) is 0 Å². The molecule has 0 aromatic carbocycles. The molecule has 0 radical (unpaired) electrons. The van der Waals surface area contributed by atoms with E-state index in [-0.39, 0.29) is 32.0 Å². The Kier molecular flexibility index (Phi) is 4.69. The third kappa shape index (κ3) is 3.51. The third-order valence-corrected chi connectivity index (χ3v) is 3.42. The molecule has 0 aromatic rings. The minimum atomic E-state index is -4.40. The van der Waals surface area contributed by atoms with Crippen LogP contribution in [0.2, 0.25) is 0 Å². The van der Waals surface area contributed by atoms with E-state index < -0.39 is 12.4 Å². The first-order valence-corrected chi connectivity index (χ1v) is 6.34. The summed E-state index contributed by atoms with van der Waals surface area (Å²) in [5.41, 5.74) is 0. The molecule has 0 N–H and O–H groups in total. The second-order valence-electron chi connectivity index (χ2n) is 4.63. The SMILES string of the molecule is FC(F)=C(N1CCOCC1)N1CCN(C(F)(F)F)CC1. The second-order valence-corrected chi connectivity index (χ2v) is 4.63. The summed E-state index contributed by atoms with van der Waals surface area (Å²) >= 11 is 0. The van der Waals surface area contributed by atoms with E-state index in [9.17, 15) is 22.0 Å². The van der Waals surface area contributed by atoms with Crippen LogP contribution in [0.15, 0.2) is 11.9 Å². The van der Waals surface area contributed by atoms with Gasteiger partial charge >= 0.3 is 12.4 Å². The van der Waals surface area contributed by atoms with Gasteiger partial charge in [0.1, 0.15) is 0 Å². The molecule has 0 saturated carbocycles. The number of piperazine rings is 1. The standard InChI is InChI=1S/C11H16F5N3O/c12-9(13)10(18-5-7-20-8-6-18)17-1-3-19(4-2-17)11(14,15)16/h1-8H2. The number of ether oxygens (including phenoxy) is 1. The van der Waals surface area contributed by atoms with Crippen molar-refractivity contribution in [3.63, 3.8) is 0 Å². The van der Waals surface area contributed by atoms with Crippen molar-refractivity contribution in [1.82, 2.24) is 14.7 Å². The van der Waals surface area contributed by atoms with Crippen molar-refractivity contribution in [1.29, 1.82) is 0 Å². The number of alkyl halides is 3. The van der Waals surface area contributed by atoms with Gasteiger partial charge in [0.25, 0.3) is 0 Å². The van der Waals surface area contributed by atoms with Gasteiger partial charge in [-0.25, -0.2) is 4.90 Å². The normalized spacial score (nSPS) is 22.1. The molecular weight excluding hydrogens is 285 g/mol. The lowest BCUT2D eigenvalue weighted by Gasteiger charge is -2.41. The fraction of sp³-hybridized carbons (Fsp3) is 0.818. The van der Waals surface area contributed by atoms with Gasteiger partial charge in [0.05, 0.1) is 13.2 Å². The summed E-state index contributed by atoms with van der Waals surface area (Å²) in [7, 11) is 0. The van der Waals surface area contributed by atoms with Gasteiger partial charge in [0.15, 0.2) is 5.82 Å². The Balaban J connectivity index is 2.01. The van der Waals surface area contributed by atoms with Gasteiger partial charge in [-0.15, -0.1) is 0 Å². The molecule has 0 bridgehead atoms. The molecule has 2 rings (SSSR count). The molecule has 9 heteroatoms. The molecule has 2 heterocycles. The maximum absolute atomic E-state index is 13.1. The zero-order valence-electron chi connectivity index (χ0n) is 10.8. The molecule has 2 saturated heterocycles. The topological polar surface area (TPSA) is 19.0 Å². The number of nitrogens with zero attached hydrogens (tertiary/aromatic N) is 3. The Morgan fingerprint density at radius 3 is 1.75 bits per heavy atom. The van der Waals surface area contributed by atoms with Crippen molar-refractivity contribution in [3.05, 3.63) is 11.9 Å². The van der Waals surface area contributed by atoms with E-state index >= 15 is 0 Å². The first-order valence-electron chi connectivity index (χ1n) is 6.34. The summed E-state index contributed by atoms with van der Waals surface area (Å²) in [6, 6.07) is 0. The summed E-state index contributed by atoms with van der Waals surface area (Å²) < 4.78 is 68.8. The van der Waals surface area contributed by atoms with E-state index in [2.05, 4.69) is 0 Å². The van der Waals surface area contributed by atoms with Crippen LogP contribution >= 0.6 is 0 Å². The quantitative estimate of drug-likeness (QED) is 0.568. The zero-order chi connectivity index (χ0) is 14.8. The Morgan fingerprint density at radius 1 is 0.800 bits per heavy atom. The highest BCUT2D eigenvalue weighted by Crippen LogP contribution is 2.26. The van der Waals surface area contributed by atoms with Crippen molar-refractivity contribution < 1.29 is 26.7 Å². The van der Waals surface area contributed by atoms with Gasteiger partial charge in [0, 0.05) is 39.3 Å². The summed E-state index contributed by atoms with van der Waals surface area (Å²) in [6.07, 6.45) is -6.25. The van der Waals surface area contributed by atoms with Gasteiger partial charge in [-0.2, -0.15) is 22.0 Å². The summed E-state index contributed by atoms with van der Waals surface area (Å²) in [5.74, 6) is -0.255. The van der Waals surface area contributed by atoms with E-state index in [4.69, 9.17) is 4.74 Å². The largest absolute Gasteiger partial charge is 0.460 e. The molecule has 0 amide bonds. The average molecular weight is 301 g/mol. The Bertz CT molecular complexity index is 356. The van der Waals surface area contributed by atoms with Gasteiger partial charge in [-0.05, 0) is 0 Å². The van der Waals surface area contributed by atoms with Gasteiger partial charge < -0.3 is 14.5 Å². The second kappa shape index (κ2) is 6.13. The molecular formula is C11H16F5N3O. The maximum atomic E-state index is 13.1. The van der Waals surface area contributed by atoms with Gasteiger partial charge in [-0.1, -0.05) is 0 Å². The first kappa shape index (κ1) is 15.3. The zero-order valence-corrected chi connectivity index (χ0v) is 10.8. The summed E-state index contributed by atoms with van der Waals surface area (Å²) in [4.78, 5) is 3.14. The van der Waals surface area contributed by atoms with Crippen molar-refractivity contribution in [3.8, 4) is 0 Å². The fourth-order valence-electron chi connectivity index (χ4n) is 2.39. The highest BCUT2D eigenvalue weighted by Gasteiger charge is 2.40. The molecule has 0 atom stereocenters. The lowest BCUT2D eigenvalue weighted by Crippen LogP contribution is -2.54. The van der Waals surface area contributed by atoms with Crippen molar-refractivity contribution in [2.75, 3.05) is 52.5 Å². The maximum Gasteiger partial charge on any atom is 0.460 e. The molecule has 20 heavy (non-hydrogen) atoms. The monoisotopic (exact) mass is 301 g/mol. The molecule has 0 unspecified atom stereocenters. The van der Waals surface area contributed by atoms with E-state index in [0.717, 1.165) is 0 Å². The van der Waals surface area contributed by atoms with E-state index in [0.29, 0.717) is 31.2 Å². The van der Waals surface area contributed by atoms with Crippen molar-refractivity contribution in [2.45, 2.75) is 6.30 Å². The van der Waals surface area contributed by atoms with Crippen molar-refractivity contribution >= 4 is 0 Å².